The number of ether oxygens (including phenoxy) is 1. The number of hydrogen-bond donors (Lipinski definition) is 0. The van der Waals surface area contributed by atoms with Crippen molar-refractivity contribution in [2.24, 2.45) is 0 Å². The summed E-state index contributed by atoms with van der Waals surface area (Å²) in [5.41, 5.74) is 3.32. The predicted molar refractivity (Wildman–Crippen MR) is 91.6 cm³/mol. The largest absolute Gasteiger partial charge is 0.481 e. The van der Waals surface area contributed by atoms with Crippen molar-refractivity contribution in [3.8, 4) is 5.75 Å². The summed E-state index contributed by atoms with van der Waals surface area (Å²) in [6.45, 7) is 2.98. The van der Waals surface area contributed by atoms with E-state index < -0.39 is 6.10 Å². The van der Waals surface area contributed by atoms with Crippen LogP contribution in [0.2, 0.25) is 0 Å². The Morgan fingerprint density at radius 1 is 1.13 bits per heavy atom. The van der Waals surface area contributed by atoms with Crippen molar-refractivity contribution in [1.29, 1.82) is 0 Å². The second-order valence-corrected chi connectivity index (χ2v) is 6.12. The molecule has 0 fully saturated rings. The van der Waals surface area contributed by atoms with Gasteiger partial charge in [0.25, 0.3) is 5.91 Å². The average Bonchev–Trinajstić information content (AvgIpc) is 2.66. The SMILES string of the molecule is CC1Oc2ccccc2CN(Cc2ccc(N(C)C)cc2)C1=O. The van der Waals surface area contributed by atoms with E-state index in [0.717, 1.165) is 22.6 Å². The molecule has 1 heterocycles. The molecule has 2 aromatic rings. The van der Waals surface area contributed by atoms with Crippen molar-refractivity contribution < 1.29 is 9.53 Å². The highest BCUT2D eigenvalue weighted by Gasteiger charge is 2.27. The van der Waals surface area contributed by atoms with Crippen molar-refractivity contribution in [2.45, 2.75) is 26.1 Å². The van der Waals surface area contributed by atoms with E-state index in [9.17, 15) is 4.79 Å². The summed E-state index contributed by atoms with van der Waals surface area (Å²) in [5.74, 6) is 0.830. The maximum atomic E-state index is 12.6. The van der Waals surface area contributed by atoms with Crippen LogP contribution in [0.4, 0.5) is 5.69 Å². The molecule has 0 N–H and O–H groups in total. The van der Waals surface area contributed by atoms with E-state index in [2.05, 4.69) is 29.2 Å². The van der Waals surface area contributed by atoms with Crippen molar-refractivity contribution >= 4 is 11.6 Å². The third-order valence-corrected chi connectivity index (χ3v) is 4.12. The molecule has 0 saturated carbocycles. The number of hydrogen-bond acceptors (Lipinski definition) is 3. The number of amides is 1. The fourth-order valence-corrected chi connectivity index (χ4v) is 2.78. The van der Waals surface area contributed by atoms with Crippen LogP contribution >= 0.6 is 0 Å². The molecule has 1 atom stereocenters. The van der Waals surface area contributed by atoms with Crippen molar-refractivity contribution in [3.05, 3.63) is 59.7 Å². The highest BCUT2D eigenvalue weighted by molar-refractivity contribution is 5.81. The number of rotatable bonds is 3. The van der Waals surface area contributed by atoms with E-state index in [-0.39, 0.29) is 5.91 Å². The Hall–Kier alpha value is -2.49. The van der Waals surface area contributed by atoms with Gasteiger partial charge in [0, 0.05) is 38.4 Å². The molecule has 1 aliphatic rings. The van der Waals surface area contributed by atoms with Crippen LogP contribution in [0.25, 0.3) is 0 Å². The van der Waals surface area contributed by atoms with Crippen molar-refractivity contribution in [1.82, 2.24) is 4.90 Å². The summed E-state index contributed by atoms with van der Waals surface area (Å²) < 4.78 is 5.79. The topological polar surface area (TPSA) is 32.8 Å². The number of fused-ring (bicyclic) bond motifs is 1. The minimum absolute atomic E-state index is 0.0258. The number of anilines is 1. The Kier molecular flexibility index (Phi) is 4.24. The molecule has 0 radical (unpaired) electrons. The van der Waals surface area contributed by atoms with E-state index in [4.69, 9.17) is 4.74 Å². The number of para-hydroxylation sites is 1. The lowest BCUT2D eigenvalue weighted by Crippen LogP contribution is -2.37. The number of carbonyl (C=O) groups is 1. The van der Waals surface area contributed by atoms with Gasteiger partial charge in [-0.25, -0.2) is 0 Å². The number of nitrogens with zero attached hydrogens (tertiary/aromatic N) is 2. The Bertz CT molecular complexity index is 695. The second-order valence-electron chi connectivity index (χ2n) is 6.12. The van der Waals surface area contributed by atoms with Crippen LogP contribution in [0.5, 0.6) is 5.75 Å². The molecule has 3 rings (SSSR count). The Morgan fingerprint density at radius 2 is 1.83 bits per heavy atom. The van der Waals surface area contributed by atoms with Crippen LogP contribution < -0.4 is 9.64 Å². The van der Waals surface area contributed by atoms with Gasteiger partial charge in [0.05, 0.1) is 0 Å². The van der Waals surface area contributed by atoms with Crippen LogP contribution in [0.3, 0.4) is 0 Å². The molecule has 1 amide bonds. The molecular formula is C19H22N2O2. The quantitative estimate of drug-likeness (QED) is 0.873. The molecule has 4 nitrogen and oxygen atoms in total. The van der Waals surface area contributed by atoms with Gasteiger partial charge in [0.15, 0.2) is 6.10 Å². The first-order chi connectivity index (χ1) is 11.0. The van der Waals surface area contributed by atoms with Crippen molar-refractivity contribution in [2.75, 3.05) is 19.0 Å². The molecule has 2 aromatic carbocycles. The van der Waals surface area contributed by atoms with Gasteiger partial charge in [-0.05, 0) is 30.7 Å². The molecule has 0 aliphatic carbocycles. The Morgan fingerprint density at radius 3 is 2.52 bits per heavy atom. The zero-order valence-electron chi connectivity index (χ0n) is 13.8. The molecule has 120 valence electrons. The lowest BCUT2D eigenvalue weighted by Gasteiger charge is -2.22. The number of carbonyl (C=O) groups excluding carboxylic acids is 1. The maximum absolute atomic E-state index is 12.6. The molecule has 4 heteroatoms. The van der Waals surface area contributed by atoms with E-state index >= 15 is 0 Å². The second kappa shape index (κ2) is 6.32. The smallest absolute Gasteiger partial charge is 0.263 e. The maximum Gasteiger partial charge on any atom is 0.263 e. The monoisotopic (exact) mass is 310 g/mol. The van der Waals surface area contributed by atoms with Gasteiger partial charge < -0.3 is 14.5 Å². The molecule has 1 aliphatic heterocycles. The average molecular weight is 310 g/mol. The highest BCUT2D eigenvalue weighted by Crippen LogP contribution is 2.26. The zero-order chi connectivity index (χ0) is 16.4. The first kappa shape index (κ1) is 15.4. The molecule has 0 aromatic heterocycles. The summed E-state index contributed by atoms with van der Waals surface area (Å²) >= 11 is 0. The van der Waals surface area contributed by atoms with Gasteiger partial charge in [-0.1, -0.05) is 30.3 Å². The molecule has 0 saturated heterocycles. The molecule has 0 spiro atoms. The molecule has 0 bridgehead atoms. The van der Waals surface area contributed by atoms with Gasteiger partial charge in [0.1, 0.15) is 5.75 Å². The lowest BCUT2D eigenvalue weighted by molar-refractivity contribution is -0.138. The van der Waals surface area contributed by atoms with Crippen LogP contribution in [0.1, 0.15) is 18.1 Å². The third-order valence-electron chi connectivity index (χ3n) is 4.12. The number of benzene rings is 2. The zero-order valence-corrected chi connectivity index (χ0v) is 13.8. The summed E-state index contributed by atoms with van der Waals surface area (Å²) in [5, 5.41) is 0. The van der Waals surface area contributed by atoms with E-state index in [1.165, 1.54) is 0 Å². The minimum atomic E-state index is -0.459. The van der Waals surface area contributed by atoms with Gasteiger partial charge in [-0.2, -0.15) is 0 Å². The molecule has 23 heavy (non-hydrogen) atoms. The van der Waals surface area contributed by atoms with E-state index in [0.29, 0.717) is 13.1 Å². The van der Waals surface area contributed by atoms with Crippen LogP contribution in [-0.2, 0) is 17.9 Å². The summed E-state index contributed by atoms with van der Waals surface area (Å²) in [6, 6.07) is 16.2. The first-order valence-corrected chi connectivity index (χ1v) is 7.84. The van der Waals surface area contributed by atoms with E-state index in [1.54, 1.807) is 0 Å². The third kappa shape index (κ3) is 3.31. The minimum Gasteiger partial charge on any atom is -0.481 e. The normalized spacial score (nSPS) is 17.3. The summed E-state index contributed by atoms with van der Waals surface area (Å²) in [6.07, 6.45) is -0.459. The predicted octanol–water partition coefficient (Wildman–Crippen LogP) is 3.06. The highest BCUT2D eigenvalue weighted by atomic mass is 16.5. The molecular weight excluding hydrogens is 288 g/mol. The molecule has 1 unspecified atom stereocenters. The van der Waals surface area contributed by atoms with E-state index in [1.807, 2.05) is 50.2 Å². The van der Waals surface area contributed by atoms with Gasteiger partial charge >= 0.3 is 0 Å². The van der Waals surface area contributed by atoms with Crippen LogP contribution in [-0.4, -0.2) is 31.0 Å². The summed E-state index contributed by atoms with van der Waals surface area (Å²) in [7, 11) is 4.03. The fraction of sp³-hybridized carbons (Fsp3) is 0.316. The standard InChI is InChI=1S/C19H22N2O2/c1-14-19(22)21(13-16-6-4-5-7-18(16)23-14)12-15-8-10-17(11-9-15)20(2)3/h4-11,14H,12-13H2,1-3H3. The van der Waals surface area contributed by atoms with Crippen molar-refractivity contribution in [3.63, 3.8) is 0 Å². The Balaban J connectivity index is 1.82. The van der Waals surface area contributed by atoms with Gasteiger partial charge in [-0.15, -0.1) is 0 Å². The Labute approximate surface area is 137 Å². The van der Waals surface area contributed by atoms with Gasteiger partial charge in [-0.3, -0.25) is 4.79 Å². The lowest BCUT2D eigenvalue weighted by atomic mass is 10.1. The van der Waals surface area contributed by atoms with Crippen LogP contribution in [0.15, 0.2) is 48.5 Å². The first-order valence-electron chi connectivity index (χ1n) is 7.84. The fourth-order valence-electron chi connectivity index (χ4n) is 2.78. The van der Waals surface area contributed by atoms with Crippen LogP contribution in [0, 0.1) is 0 Å². The van der Waals surface area contributed by atoms with Gasteiger partial charge in [0.2, 0.25) is 0 Å². The summed E-state index contributed by atoms with van der Waals surface area (Å²) in [4.78, 5) is 16.5.